The molecule has 0 aromatic heterocycles. The van der Waals surface area contributed by atoms with Gasteiger partial charge < -0.3 is 5.32 Å². The maximum Gasteiger partial charge on any atom is 0.252 e. The molecular formula is C28H36ClNOS. The normalized spacial score (nSPS) is 27.0. The van der Waals surface area contributed by atoms with Crippen LogP contribution < -0.4 is 5.32 Å². The number of carbonyl (C=O) groups is 1. The fourth-order valence-corrected chi connectivity index (χ4v) is 7.01. The molecule has 0 bridgehead atoms. The lowest BCUT2D eigenvalue weighted by molar-refractivity contribution is 0.0254. The maximum atomic E-state index is 13.1. The van der Waals surface area contributed by atoms with Gasteiger partial charge in [-0.25, -0.2) is 0 Å². The number of rotatable bonds is 5. The molecule has 2 aliphatic rings. The highest BCUT2D eigenvalue weighted by Crippen LogP contribution is 2.57. The number of thioether (sulfide) groups is 1. The molecule has 0 radical (unpaired) electrons. The van der Waals surface area contributed by atoms with Gasteiger partial charge in [0.1, 0.15) is 0 Å². The summed E-state index contributed by atoms with van der Waals surface area (Å²) in [6, 6.07) is 12.9. The van der Waals surface area contributed by atoms with Crippen LogP contribution in [0.2, 0.25) is 5.02 Å². The smallest absolute Gasteiger partial charge is 0.252 e. The van der Waals surface area contributed by atoms with Crippen LogP contribution in [0.4, 0.5) is 0 Å². The maximum absolute atomic E-state index is 13.1. The molecule has 2 aromatic carbocycles. The monoisotopic (exact) mass is 469 g/mol. The SMILES string of the molecule is CSc1ccc(Cl)c(C(=O)NC[C@]2(C)CCC[C@@]3(C)c4cc(C(C)C)ccc4CC[C@H]23)c1. The Morgan fingerprint density at radius 3 is 2.69 bits per heavy atom. The van der Waals surface area contributed by atoms with E-state index in [4.69, 9.17) is 11.6 Å². The number of benzene rings is 2. The third kappa shape index (κ3) is 4.23. The molecular weight excluding hydrogens is 434 g/mol. The predicted molar refractivity (Wildman–Crippen MR) is 137 cm³/mol. The molecule has 2 nitrogen and oxygen atoms in total. The molecule has 172 valence electrons. The van der Waals surface area contributed by atoms with Gasteiger partial charge in [-0.15, -0.1) is 11.8 Å². The molecule has 3 atom stereocenters. The van der Waals surface area contributed by atoms with E-state index in [9.17, 15) is 4.79 Å². The zero-order valence-electron chi connectivity index (χ0n) is 20.1. The van der Waals surface area contributed by atoms with Crippen LogP contribution in [0.5, 0.6) is 0 Å². The minimum absolute atomic E-state index is 0.0577. The Labute approximate surface area is 202 Å². The van der Waals surface area contributed by atoms with Gasteiger partial charge >= 0.3 is 0 Å². The second kappa shape index (κ2) is 9.06. The molecule has 0 unspecified atom stereocenters. The molecule has 4 rings (SSSR count). The van der Waals surface area contributed by atoms with E-state index in [0.29, 0.717) is 29.0 Å². The topological polar surface area (TPSA) is 29.1 Å². The van der Waals surface area contributed by atoms with E-state index in [0.717, 1.165) is 17.7 Å². The molecule has 1 saturated carbocycles. The van der Waals surface area contributed by atoms with Crippen molar-refractivity contribution in [2.24, 2.45) is 11.3 Å². The van der Waals surface area contributed by atoms with Gasteiger partial charge in [0.25, 0.3) is 5.91 Å². The highest BCUT2D eigenvalue weighted by Gasteiger charge is 2.51. The first kappa shape index (κ1) is 23.7. The Hall–Kier alpha value is -1.45. The average Bonchev–Trinajstić information content (AvgIpc) is 2.77. The number of hydrogen-bond donors (Lipinski definition) is 1. The average molecular weight is 470 g/mol. The lowest BCUT2D eigenvalue weighted by atomic mass is 9.49. The van der Waals surface area contributed by atoms with Crippen molar-refractivity contribution in [1.82, 2.24) is 5.32 Å². The van der Waals surface area contributed by atoms with Crippen molar-refractivity contribution < 1.29 is 4.79 Å². The third-order valence-corrected chi connectivity index (χ3v) is 9.30. The zero-order valence-corrected chi connectivity index (χ0v) is 21.6. The van der Waals surface area contributed by atoms with Crippen LogP contribution in [0.3, 0.4) is 0 Å². The second-order valence-electron chi connectivity index (χ2n) is 10.6. The van der Waals surface area contributed by atoms with E-state index < -0.39 is 0 Å². The summed E-state index contributed by atoms with van der Waals surface area (Å²) in [6.45, 7) is 10.1. The van der Waals surface area contributed by atoms with Crippen LogP contribution in [0.25, 0.3) is 0 Å². The standard InChI is InChI=1S/C28H36ClNOS/c1-18(2)20-8-7-19-9-12-25-27(3,13-6-14-28(25,4)23(19)15-20)17-30-26(31)22-16-21(32-5)10-11-24(22)29/h7-8,10-11,15-16,18,25H,6,9,12-14,17H2,1-5H3,(H,30,31)/t25-,27+,28+/m1/s1. The summed E-state index contributed by atoms with van der Waals surface area (Å²) < 4.78 is 0. The Morgan fingerprint density at radius 1 is 1.19 bits per heavy atom. The van der Waals surface area contributed by atoms with Crippen LogP contribution in [0.1, 0.15) is 86.3 Å². The van der Waals surface area contributed by atoms with Crippen molar-refractivity contribution in [3.05, 3.63) is 63.7 Å². The summed E-state index contributed by atoms with van der Waals surface area (Å²) in [5.41, 5.74) is 5.37. The van der Waals surface area contributed by atoms with Crippen LogP contribution in [0.15, 0.2) is 41.3 Å². The van der Waals surface area contributed by atoms with Gasteiger partial charge in [-0.05, 0) is 89.5 Å². The summed E-state index contributed by atoms with van der Waals surface area (Å²) in [5, 5.41) is 3.79. The first-order chi connectivity index (χ1) is 15.2. The molecule has 1 amide bonds. The van der Waals surface area contributed by atoms with Gasteiger partial charge in [-0.3, -0.25) is 4.79 Å². The lowest BCUT2D eigenvalue weighted by Gasteiger charge is -2.55. The fraction of sp³-hybridized carbons (Fsp3) is 0.536. The third-order valence-electron chi connectivity index (χ3n) is 8.24. The Kier molecular flexibility index (Phi) is 6.71. The van der Waals surface area contributed by atoms with Gasteiger partial charge in [0, 0.05) is 11.4 Å². The summed E-state index contributed by atoms with van der Waals surface area (Å²) in [4.78, 5) is 14.1. The predicted octanol–water partition coefficient (Wildman–Crippen LogP) is 7.63. The van der Waals surface area contributed by atoms with Gasteiger partial charge in [0.2, 0.25) is 0 Å². The van der Waals surface area contributed by atoms with Crippen molar-refractivity contribution in [3.63, 3.8) is 0 Å². The highest BCUT2D eigenvalue weighted by atomic mass is 35.5. The molecule has 32 heavy (non-hydrogen) atoms. The van der Waals surface area contributed by atoms with Crippen LogP contribution in [0, 0.1) is 11.3 Å². The lowest BCUT2D eigenvalue weighted by Crippen LogP contribution is -2.53. The number of nitrogens with one attached hydrogen (secondary N) is 1. The van der Waals surface area contributed by atoms with Gasteiger partial charge in [0.05, 0.1) is 10.6 Å². The zero-order chi connectivity index (χ0) is 23.1. The van der Waals surface area contributed by atoms with Gasteiger partial charge in [-0.2, -0.15) is 0 Å². The first-order valence-electron chi connectivity index (χ1n) is 11.9. The van der Waals surface area contributed by atoms with Crippen molar-refractivity contribution in [3.8, 4) is 0 Å². The van der Waals surface area contributed by atoms with Crippen LogP contribution >= 0.6 is 23.4 Å². The van der Waals surface area contributed by atoms with Gasteiger partial charge in [0.15, 0.2) is 0 Å². The summed E-state index contributed by atoms with van der Waals surface area (Å²) in [6.07, 6.45) is 7.94. The fourth-order valence-electron chi connectivity index (χ4n) is 6.36. The Morgan fingerprint density at radius 2 is 1.97 bits per heavy atom. The molecule has 0 heterocycles. The number of carbonyl (C=O) groups excluding carboxylic acids is 1. The molecule has 2 aliphatic carbocycles. The van der Waals surface area contributed by atoms with Crippen LogP contribution in [-0.4, -0.2) is 18.7 Å². The number of hydrogen-bond acceptors (Lipinski definition) is 2. The van der Waals surface area contributed by atoms with E-state index in [1.807, 2.05) is 24.5 Å². The molecule has 2 aromatic rings. The first-order valence-corrected chi connectivity index (χ1v) is 13.5. The minimum atomic E-state index is -0.0577. The van der Waals surface area contributed by atoms with Crippen molar-refractivity contribution in [1.29, 1.82) is 0 Å². The summed E-state index contributed by atoms with van der Waals surface area (Å²) in [7, 11) is 0. The van der Waals surface area contributed by atoms with E-state index in [1.165, 1.54) is 30.4 Å². The Balaban J connectivity index is 1.58. The van der Waals surface area contributed by atoms with Crippen molar-refractivity contribution in [2.45, 2.75) is 76.0 Å². The summed E-state index contributed by atoms with van der Waals surface area (Å²) in [5.74, 6) is 1.05. The van der Waals surface area contributed by atoms with E-state index >= 15 is 0 Å². The molecule has 0 saturated heterocycles. The molecule has 4 heteroatoms. The minimum Gasteiger partial charge on any atom is -0.351 e. The Bertz CT molecular complexity index is 1020. The van der Waals surface area contributed by atoms with E-state index in [1.54, 1.807) is 17.3 Å². The molecule has 0 aliphatic heterocycles. The molecule has 1 N–H and O–H groups in total. The highest BCUT2D eigenvalue weighted by molar-refractivity contribution is 7.98. The number of halogens is 1. The molecule has 0 spiro atoms. The number of aryl methyl sites for hydroxylation is 1. The second-order valence-corrected chi connectivity index (χ2v) is 11.9. The largest absolute Gasteiger partial charge is 0.351 e. The van der Waals surface area contributed by atoms with E-state index in [-0.39, 0.29) is 16.7 Å². The quantitative estimate of drug-likeness (QED) is 0.456. The van der Waals surface area contributed by atoms with Crippen LogP contribution in [-0.2, 0) is 11.8 Å². The van der Waals surface area contributed by atoms with E-state index in [2.05, 4.69) is 51.2 Å². The number of fused-ring (bicyclic) bond motifs is 3. The summed E-state index contributed by atoms with van der Waals surface area (Å²) >= 11 is 7.99. The number of amides is 1. The van der Waals surface area contributed by atoms with Crippen molar-refractivity contribution in [2.75, 3.05) is 12.8 Å². The van der Waals surface area contributed by atoms with Gasteiger partial charge in [-0.1, -0.05) is 63.9 Å². The van der Waals surface area contributed by atoms with Crippen molar-refractivity contribution >= 4 is 29.3 Å². The molecule has 1 fully saturated rings.